The number of piperidine rings is 1. The molecule has 0 aromatic heterocycles. The Bertz CT molecular complexity index is 1120. The van der Waals surface area contributed by atoms with Gasteiger partial charge >= 0.3 is 5.97 Å². The van der Waals surface area contributed by atoms with Crippen LogP contribution in [0.15, 0.2) is 35.2 Å². The molecule has 1 aliphatic rings. The maximum absolute atomic E-state index is 14.3. The van der Waals surface area contributed by atoms with Crippen molar-refractivity contribution in [2.45, 2.75) is 44.9 Å². The molecule has 0 unspecified atom stereocenters. The van der Waals surface area contributed by atoms with Gasteiger partial charge < -0.3 is 10.1 Å². The van der Waals surface area contributed by atoms with Crippen molar-refractivity contribution in [1.82, 2.24) is 4.31 Å². The standard InChI is InChI=1S/C23H27FN2O5S/c1-15-11-16(2)22(17(3)12-15)25-21(27)14-31-23(28)18-7-8-19(24)20(13-18)32(29,30)26-9-5-4-6-10-26/h7-8,11-13H,4-6,9-10,14H2,1-3H3,(H,25,27). The zero-order valence-electron chi connectivity index (χ0n) is 18.4. The third-order valence-electron chi connectivity index (χ3n) is 5.38. The van der Waals surface area contributed by atoms with Crippen molar-refractivity contribution < 1.29 is 27.1 Å². The molecule has 7 nitrogen and oxygen atoms in total. The highest BCUT2D eigenvalue weighted by Gasteiger charge is 2.29. The van der Waals surface area contributed by atoms with E-state index >= 15 is 0 Å². The van der Waals surface area contributed by atoms with Crippen molar-refractivity contribution in [3.05, 3.63) is 58.4 Å². The number of anilines is 1. The molecule has 172 valence electrons. The number of benzene rings is 2. The molecule has 0 atom stereocenters. The fourth-order valence-corrected chi connectivity index (χ4v) is 5.45. The SMILES string of the molecule is Cc1cc(C)c(NC(=O)COC(=O)c2ccc(F)c(S(=O)(=O)N3CCCCC3)c2)c(C)c1. The highest BCUT2D eigenvalue weighted by atomic mass is 32.2. The predicted molar refractivity (Wildman–Crippen MR) is 119 cm³/mol. The first-order valence-corrected chi connectivity index (χ1v) is 11.9. The number of esters is 1. The molecule has 0 bridgehead atoms. The number of rotatable bonds is 6. The van der Waals surface area contributed by atoms with E-state index in [0.717, 1.165) is 41.3 Å². The van der Waals surface area contributed by atoms with Gasteiger partial charge in [0.2, 0.25) is 10.0 Å². The van der Waals surface area contributed by atoms with Gasteiger partial charge in [-0.2, -0.15) is 4.31 Å². The van der Waals surface area contributed by atoms with Gasteiger partial charge in [-0.25, -0.2) is 17.6 Å². The molecular formula is C23H27FN2O5S. The van der Waals surface area contributed by atoms with Crippen LogP contribution < -0.4 is 5.32 Å². The lowest BCUT2D eigenvalue weighted by Gasteiger charge is -2.26. The quantitative estimate of drug-likeness (QED) is 0.661. The van der Waals surface area contributed by atoms with E-state index in [1.165, 1.54) is 4.31 Å². The molecular weight excluding hydrogens is 435 g/mol. The molecule has 0 aliphatic carbocycles. The number of carbonyl (C=O) groups is 2. The van der Waals surface area contributed by atoms with Crippen LogP contribution in [0, 0.1) is 26.6 Å². The Balaban J connectivity index is 1.69. The van der Waals surface area contributed by atoms with Crippen molar-refractivity contribution in [1.29, 1.82) is 0 Å². The average molecular weight is 463 g/mol. The summed E-state index contributed by atoms with van der Waals surface area (Å²) in [5, 5.41) is 2.72. The van der Waals surface area contributed by atoms with Crippen LogP contribution in [-0.2, 0) is 19.6 Å². The molecule has 2 aromatic carbocycles. The minimum atomic E-state index is -4.06. The number of halogens is 1. The minimum absolute atomic E-state index is 0.141. The molecule has 32 heavy (non-hydrogen) atoms. The molecule has 1 fully saturated rings. The maximum Gasteiger partial charge on any atom is 0.338 e. The zero-order valence-corrected chi connectivity index (χ0v) is 19.2. The van der Waals surface area contributed by atoms with Gasteiger partial charge in [0.25, 0.3) is 5.91 Å². The Morgan fingerprint density at radius 2 is 1.66 bits per heavy atom. The van der Waals surface area contributed by atoms with Gasteiger partial charge in [-0.1, -0.05) is 24.1 Å². The van der Waals surface area contributed by atoms with Gasteiger partial charge in [0.1, 0.15) is 10.7 Å². The van der Waals surface area contributed by atoms with Gasteiger partial charge in [0, 0.05) is 18.8 Å². The van der Waals surface area contributed by atoms with E-state index in [1.807, 2.05) is 32.9 Å². The van der Waals surface area contributed by atoms with E-state index in [1.54, 1.807) is 0 Å². The Kier molecular flexibility index (Phi) is 7.30. The van der Waals surface area contributed by atoms with Gasteiger partial charge in [-0.05, 0) is 62.9 Å². The number of nitrogens with one attached hydrogen (secondary N) is 1. The Labute approximate surface area is 187 Å². The second-order valence-corrected chi connectivity index (χ2v) is 9.91. The minimum Gasteiger partial charge on any atom is -0.452 e. The smallest absolute Gasteiger partial charge is 0.338 e. The van der Waals surface area contributed by atoms with Crippen LogP contribution in [0.5, 0.6) is 0 Å². The molecule has 1 saturated heterocycles. The third-order valence-corrected chi connectivity index (χ3v) is 7.29. The zero-order chi connectivity index (χ0) is 23.5. The van der Waals surface area contributed by atoms with E-state index in [-0.39, 0.29) is 5.56 Å². The molecule has 2 aromatic rings. The van der Waals surface area contributed by atoms with Crippen molar-refractivity contribution in [2.75, 3.05) is 25.0 Å². The first-order valence-electron chi connectivity index (χ1n) is 10.4. The monoisotopic (exact) mass is 462 g/mol. The number of amides is 1. The second kappa shape index (κ2) is 9.79. The van der Waals surface area contributed by atoms with Crippen LogP contribution in [-0.4, -0.2) is 44.3 Å². The molecule has 1 heterocycles. The normalized spacial score (nSPS) is 14.8. The summed E-state index contributed by atoms with van der Waals surface area (Å²) >= 11 is 0. The average Bonchev–Trinajstić information content (AvgIpc) is 2.75. The van der Waals surface area contributed by atoms with Crippen molar-refractivity contribution in [2.24, 2.45) is 0 Å². The van der Waals surface area contributed by atoms with Gasteiger partial charge in [-0.3, -0.25) is 4.79 Å². The summed E-state index contributed by atoms with van der Waals surface area (Å²) in [6.07, 6.45) is 2.33. The molecule has 1 N–H and O–H groups in total. The van der Waals surface area contributed by atoms with Crippen LogP contribution in [0.4, 0.5) is 10.1 Å². The van der Waals surface area contributed by atoms with Crippen LogP contribution in [0.3, 0.4) is 0 Å². The lowest BCUT2D eigenvalue weighted by Crippen LogP contribution is -2.36. The van der Waals surface area contributed by atoms with E-state index in [4.69, 9.17) is 4.74 Å². The van der Waals surface area contributed by atoms with E-state index in [0.29, 0.717) is 31.6 Å². The van der Waals surface area contributed by atoms with Gasteiger partial charge in [0.05, 0.1) is 5.56 Å². The summed E-state index contributed by atoms with van der Waals surface area (Å²) < 4.78 is 46.2. The first kappa shape index (κ1) is 23.9. The highest BCUT2D eigenvalue weighted by Crippen LogP contribution is 2.25. The van der Waals surface area contributed by atoms with Crippen LogP contribution in [0.2, 0.25) is 0 Å². The molecule has 9 heteroatoms. The summed E-state index contributed by atoms with van der Waals surface area (Å²) in [4.78, 5) is 24.1. The van der Waals surface area contributed by atoms with Crippen molar-refractivity contribution in [3.63, 3.8) is 0 Å². The highest BCUT2D eigenvalue weighted by molar-refractivity contribution is 7.89. The number of carbonyl (C=O) groups excluding carboxylic acids is 2. The topological polar surface area (TPSA) is 92.8 Å². The molecule has 0 radical (unpaired) electrons. The van der Waals surface area contributed by atoms with E-state index in [9.17, 15) is 22.4 Å². The number of ether oxygens (including phenoxy) is 1. The number of hydrogen-bond donors (Lipinski definition) is 1. The lowest BCUT2D eigenvalue weighted by molar-refractivity contribution is -0.119. The molecule has 0 saturated carbocycles. The third kappa shape index (κ3) is 5.34. The number of nitrogens with zero attached hydrogens (tertiary/aromatic N) is 1. The summed E-state index contributed by atoms with van der Waals surface area (Å²) in [5.74, 6) is -2.38. The van der Waals surface area contributed by atoms with Crippen molar-refractivity contribution >= 4 is 27.6 Å². The summed E-state index contributed by atoms with van der Waals surface area (Å²) in [5.41, 5.74) is 3.34. The Morgan fingerprint density at radius 1 is 1.03 bits per heavy atom. The maximum atomic E-state index is 14.3. The van der Waals surface area contributed by atoms with E-state index in [2.05, 4.69) is 5.32 Å². The fourth-order valence-electron chi connectivity index (χ4n) is 3.84. The van der Waals surface area contributed by atoms with Crippen molar-refractivity contribution in [3.8, 4) is 0 Å². The van der Waals surface area contributed by atoms with Gasteiger partial charge in [0.15, 0.2) is 6.61 Å². The number of aryl methyl sites for hydroxylation is 3. The molecule has 3 rings (SSSR count). The largest absolute Gasteiger partial charge is 0.452 e. The Morgan fingerprint density at radius 3 is 2.28 bits per heavy atom. The van der Waals surface area contributed by atoms with E-state index < -0.39 is 39.2 Å². The lowest BCUT2D eigenvalue weighted by atomic mass is 10.1. The fraction of sp³-hybridized carbons (Fsp3) is 0.391. The molecule has 0 spiro atoms. The van der Waals surface area contributed by atoms with Gasteiger partial charge in [-0.15, -0.1) is 0 Å². The predicted octanol–water partition coefficient (Wildman–Crippen LogP) is 3.72. The number of hydrogen-bond acceptors (Lipinski definition) is 5. The summed E-state index contributed by atoms with van der Waals surface area (Å²) in [7, 11) is -4.06. The van der Waals surface area contributed by atoms with Crippen LogP contribution >= 0.6 is 0 Å². The molecule has 1 aliphatic heterocycles. The summed E-state index contributed by atoms with van der Waals surface area (Å²) in [6.45, 7) is 5.75. The summed E-state index contributed by atoms with van der Waals surface area (Å²) in [6, 6.07) is 6.88. The first-order chi connectivity index (χ1) is 15.1. The van der Waals surface area contributed by atoms with Crippen LogP contribution in [0.1, 0.15) is 46.3 Å². The Hall–Kier alpha value is -2.78. The second-order valence-electron chi connectivity index (χ2n) is 8.01. The number of sulfonamides is 1. The molecule has 1 amide bonds. The van der Waals surface area contributed by atoms with Crippen LogP contribution in [0.25, 0.3) is 0 Å².